The fraction of sp³-hybridized carbons (Fsp3) is 0.200. The van der Waals surface area contributed by atoms with Crippen molar-refractivity contribution in [2.24, 2.45) is 5.73 Å². The number of carbonyl (C=O) groups excluding carboxylic acids is 1. The summed E-state index contributed by atoms with van der Waals surface area (Å²) in [4.78, 5) is 15.8. The minimum Gasteiger partial charge on any atom is -0.363 e. The van der Waals surface area contributed by atoms with Gasteiger partial charge in [0.25, 0.3) is 5.91 Å². The molecule has 2 aromatic rings. The number of primary amides is 1. The maximum atomic E-state index is 11.4. The molecule has 1 amide bonds. The van der Waals surface area contributed by atoms with Gasteiger partial charge in [-0.1, -0.05) is 18.1 Å². The third-order valence-corrected chi connectivity index (χ3v) is 3.39. The van der Waals surface area contributed by atoms with Crippen molar-refractivity contribution in [3.63, 3.8) is 0 Å². The van der Waals surface area contributed by atoms with Crippen LogP contribution in [0.2, 0.25) is 0 Å². The number of nitrogens with two attached hydrogens (primary N) is 1. The van der Waals surface area contributed by atoms with Gasteiger partial charge in [-0.3, -0.25) is 4.79 Å². The van der Waals surface area contributed by atoms with Gasteiger partial charge in [-0.15, -0.1) is 6.42 Å². The number of hydrogen-bond acceptors (Lipinski definition) is 2. The van der Waals surface area contributed by atoms with Crippen LogP contribution in [0.5, 0.6) is 0 Å². The molecule has 0 radical (unpaired) electrons. The van der Waals surface area contributed by atoms with Gasteiger partial charge >= 0.3 is 0 Å². The first-order valence-electron chi connectivity index (χ1n) is 6.17. The number of benzene rings is 1. The van der Waals surface area contributed by atoms with E-state index in [-0.39, 0.29) is 0 Å². The first kappa shape index (κ1) is 11.5. The van der Waals surface area contributed by atoms with Crippen LogP contribution in [0, 0.1) is 12.3 Å². The van der Waals surface area contributed by atoms with Crippen LogP contribution < -0.4 is 5.73 Å². The third-order valence-electron chi connectivity index (χ3n) is 3.39. The number of rotatable bonds is 2. The average molecular weight is 251 g/mol. The number of terminal acetylenes is 1. The Labute approximate surface area is 111 Å². The monoisotopic (exact) mass is 251 g/mol. The van der Waals surface area contributed by atoms with Crippen molar-refractivity contribution < 1.29 is 4.79 Å². The highest BCUT2D eigenvalue weighted by Gasteiger charge is 2.24. The van der Waals surface area contributed by atoms with E-state index < -0.39 is 5.91 Å². The molecule has 1 aromatic carbocycles. The molecule has 1 aliphatic rings. The summed E-state index contributed by atoms with van der Waals surface area (Å²) in [6.07, 6.45) is 7.34. The molecular formula is C15H13N3O. The molecule has 2 heterocycles. The lowest BCUT2D eigenvalue weighted by molar-refractivity contribution is 0.0986. The molecule has 94 valence electrons. The molecule has 2 N–H and O–H groups in total. The summed E-state index contributed by atoms with van der Waals surface area (Å²) in [5.41, 5.74) is 9.02. The molecule has 3 rings (SSSR count). The molecule has 0 aliphatic carbocycles. The van der Waals surface area contributed by atoms with Gasteiger partial charge in [-0.2, -0.15) is 0 Å². The second-order valence-corrected chi connectivity index (χ2v) is 4.58. The Morgan fingerprint density at radius 3 is 3.05 bits per heavy atom. The Hall–Kier alpha value is -2.54. The predicted molar refractivity (Wildman–Crippen MR) is 72.4 cm³/mol. The van der Waals surface area contributed by atoms with Crippen molar-refractivity contribution in [3.05, 3.63) is 41.3 Å². The minimum atomic E-state index is -0.484. The number of hydrogen-bond donors (Lipinski definition) is 1. The minimum absolute atomic E-state index is 0.341. The van der Waals surface area contributed by atoms with Gasteiger partial charge in [-0.05, 0) is 25.0 Å². The van der Waals surface area contributed by atoms with Crippen molar-refractivity contribution in [1.82, 2.24) is 9.55 Å². The standard InChI is InChI=1S/C15H13N3O/c1-2-10-5-3-6-11(9-10)13-12-7-4-8-18(12)15(17-13)14(16)19/h1,3,5-6,9H,4,7-8H2,(H2,16,19). The Morgan fingerprint density at radius 1 is 1.47 bits per heavy atom. The Kier molecular flexibility index (Phi) is 2.60. The maximum absolute atomic E-state index is 11.4. The van der Waals surface area contributed by atoms with Crippen LogP contribution in [0.3, 0.4) is 0 Å². The molecule has 0 bridgehead atoms. The molecule has 0 saturated carbocycles. The molecular weight excluding hydrogens is 238 g/mol. The van der Waals surface area contributed by atoms with Gasteiger partial charge in [0, 0.05) is 23.4 Å². The Balaban J connectivity index is 2.18. The Bertz CT molecular complexity index is 707. The van der Waals surface area contributed by atoms with E-state index in [0.29, 0.717) is 5.82 Å². The van der Waals surface area contributed by atoms with Crippen LogP contribution >= 0.6 is 0 Å². The van der Waals surface area contributed by atoms with Gasteiger partial charge in [0.05, 0.1) is 5.69 Å². The molecule has 0 unspecified atom stereocenters. The highest BCUT2D eigenvalue weighted by atomic mass is 16.1. The first-order chi connectivity index (χ1) is 9.20. The third kappa shape index (κ3) is 1.80. The molecule has 4 nitrogen and oxygen atoms in total. The lowest BCUT2D eigenvalue weighted by atomic mass is 10.1. The van der Waals surface area contributed by atoms with Gasteiger partial charge in [0.15, 0.2) is 5.82 Å². The molecule has 0 fully saturated rings. The highest BCUT2D eigenvalue weighted by Crippen LogP contribution is 2.29. The van der Waals surface area contributed by atoms with Gasteiger partial charge in [-0.25, -0.2) is 4.98 Å². The summed E-state index contributed by atoms with van der Waals surface area (Å²) in [5.74, 6) is 2.47. The van der Waals surface area contributed by atoms with Crippen LogP contribution in [0.25, 0.3) is 11.3 Å². The van der Waals surface area contributed by atoms with Gasteiger partial charge in [0.2, 0.25) is 0 Å². The zero-order valence-corrected chi connectivity index (χ0v) is 10.4. The number of aromatic nitrogens is 2. The number of carbonyl (C=O) groups is 1. The fourth-order valence-corrected chi connectivity index (χ4v) is 2.56. The molecule has 0 saturated heterocycles. The molecule has 1 aromatic heterocycles. The normalized spacial score (nSPS) is 13.0. The Morgan fingerprint density at radius 2 is 2.32 bits per heavy atom. The summed E-state index contributed by atoms with van der Waals surface area (Å²) in [6, 6.07) is 7.63. The van der Waals surface area contributed by atoms with Crippen LogP contribution in [0.4, 0.5) is 0 Å². The number of nitrogens with zero attached hydrogens (tertiary/aromatic N) is 2. The lowest BCUT2D eigenvalue weighted by Gasteiger charge is -2.01. The van der Waals surface area contributed by atoms with E-state index in [1.807, 2.05) is 28.8 Å². The van der Waals surface area contributed by atoms with E-state index in [1.165, 1.54) is 0 Å². The second kappa shape index (κ2) is 4.29. The van der Waals surface area contributed by atoms with Crippen molar-refractivity contribution in [2.45, 2.75) is 19.4 Å². The van der Waals surface area contributed by atoms with Crippen LogP contribution in [0.15, 0.2) is 24.3 Å². The van der Waals surface area contributed by atoms with Crippen molar-refractivity contribution in [2.75, 3.05) is 0 Å². The number of imidazole rings is 1. The summed E-state index contributed by atoms with van der Waals surface area (Å²) in [6.45, 7) is 0.801. The number of fused-ring (bicyclic) bond motifs is 1. The van der Waals surface area contributed by atoms with Crippen molar-refractivity contribution >= 4 is 5.91 Å². The van der Waals surface area contributed by atoms with Crippen molar-refractivity contribution in [3.8, 4) is 23.6 Å². The lowest BCUT2D eigenvalue weighted by Crippen LogP contribution is -2.17. The van der Waals surface area contributed by atoms with E-state index in [1.54, 1.807) is 0 Å². The summed E-state index contributed by atoms with van der Waals surface area (Å²) in [7, 11) is 0. The topological polar surface area (TPSA) is 60.9 Å². The number of amides is 1. The van der Waals surface area contributed by atoms with E-state index in [0.717, 1.165) is 41.9 Å². The van der Waals surface area contributed by atoms with Crippen LogP contribution in [-0.2, 0) is 13.0 Å². The molecule has 0 atom stereocenters. The van der Waals surface area contributed by atoms with E-state index in [4.69, 9.17) is 12.2 Å². The fourth-order valence-electron chi connectivity index (χ4n) is 2.56. The van der Waals surface area contributed by atoms with Crippen molar-refractivity contribution in [1.29, 1.82) is 0 Å². The molecule has 0 spiro atoms. The van der Waals surface area contributed by atoms with E-state index in [2.05, 4.69) is 10.9 Å². The molecule has 4 heteroatoms. The zero-order chi connectivity index (χ0) is 13.4. The summed E-state index contributed by atoms with van der Waals surface area (Å²) < 4.78 is 1.92. The largest absolute Gasteiger partial charge is 0.363 e. The molecule has 1 aliphatic heterocycles. The smallest absolute Gasteiger partial charge is 0.284 e. The van der Waals surface area contributed by atoms with Crippen LogP contribution in [0.1, 0.15) is 28.3 Å². The van der Waals surface area contributed by atoms with E-state index in [9.17, 15) is 4.79 Å². The second-order valence-electron chi connectivity index (χ2n) is 4.58. The van der Waals surface area contributed by atoms with E-state index >= 15 is 0 Å². The van der Waals surface area contributed by atoms with Crippen LogP contribution in [-0.4, -0.2) is 15.5 Å². The highest BCUT2D eigenvalue weighted by molar-refractivity contribution is 5.90. The quantitative estimate of drug-likeness (QED) is 0.824. The zero-order valence-electron chi connectivity index (χ0n) is 10.4. The summed E-state index contributed by atoms with van der Waals surface area (Å²) in [5, 5.41) is 0. The predicted octanol–water partition coefficient (Wildman–Crippen LogP) is 1.58. The first-order valence-corrected chi connectivity index (χ1v) is 6.17. The summed E-state index contributed by atoms with van der Waals surface area (Å²) >= 11 is 0. The average Bonchev–Trinajstić information content (AvgIpc) is 2.99. The SMILES string of the molecule is C#Cc1cccc(-c2nc(C(N)=O)n3c2CCC3)c1. The maximum Gasteiger partial charge on any atom is 0.284 e. The van der Waals surface area contributed by atoms with Gasteiger partial charge < -0.3 is 10.3 Å². The van der Waals surface area contributed by atoms with Gasteiger partial charge in [0.1, 0.15) is 0 Å². The molecule has 19 heavy (non-hydrogen) atoms.